The van der Waals surface area contributed by atoms with E-state index in [1.165, 1.54) is 0 Å². The van der Waals surface area contributed by atoms with Crippen LogP contribution in [0.4, 0.5) is 0 Å². The van der Waals surface area contributed by atoms with Gasteiger partial charge in [0.2, 0.25) is 0 Å². The van der Waals surface area contributed by atoms with Crippen molar-refractivity contribution in [3.05, 3.63) is 0 Å². The van der Waals surface area contributed by atoms with Crippen LogP contribution in [0.1, 0.15) is 39.5 Å². The lowest BCUT2D eigenvalue weighted by Gasteiger charge is -2.26. The van der Waals surface area contributed by atoms with Gasteiger partial charge < -0.3 is 0 Å². The molecule has 15 heavy (non-hydrogen) atoms. The number of rotatable bonds is 6. The first-order chi connectivity index (χ1) is 7.02. The molecule has 0 spiro atoms. The molecule has 86 valence electrons. The third kappa shape index (κ3) is 3.88. The number of hydrazine groups is 1. The standard InChI is InChI=1S/C11H21N3O/c1-5-7-11(9-12,8-6-2)10(15)13-14(3)4/h5-8H2,1-4H3,(H,13,15). The van der Waals surface area contributed by atoms with Crippen LogP contribution in [-0.4, -0.2) is 25.0 Å². The summed E-state index contributed by atoms with van der Waals surface area (Å²) in [7, 11) is 3.50. The number of carbonyl (C=O) groups excluding carboxylic acids is 1. The van der Waals surface area contributed by atoms with Gasteiger partial charge in [0, 0.05) is 14.1 Å². The molecular weight excluding hydrogens is 190 g/mol. The molecule has 0 bridgehead atoms. The van der Waals surface area contributed by atoms with Crippen molar-refractivity contribution in [3.8, 4) is 6.07 Å². The van der Waals surface area contributed by atoms with Crippen LogP contribution in [0, 0.1) is 16.7 Å². The number of nitrogens with one attached hydrogen (secondary N) is 1. The maximum atomic E-state index is 11.9. The normalized spacial score (nSPS) is 11.2. The summed E-state index contributed by atoms with van der Waals surface area (Å²) < 4.78 is 0. The first-order valence-corrected chi connectivity index (χ1v) is 5.42. The van der Waals surface area contributed by atoms with Crippen LogP contribution in [0.2, 0.25) is 0 Å². The highest BCUT2D eigenvalue weighted by Gasteiger charge is 2.37. The molecule has 0 aromatic rings. The predicted octanol–water partition coefficient (Wildman–Crippen LogP) is 1.69. The van der Waals surface area contributed by atoms with Gasteiger partial charge in [0.05, 0.1) is 6.07 Å². The number of hydrogen-bond acceptors (Lipinski definition) is 3. The van der Waals surface area contributed by atoms with Crippen molar-refractivity contribution in [2.75, 3.05) is 14.1 Å². The third-order valence-corrected chi connectivity index (χ3v) is 2.33. The summed E-state index contributed by atoms with van der Waals surface area (Å²) in [4.78, 5) is 11.9. The van der Waals surface area contributed by atoms with Gasteiger partial charge in [0.1, 0.15) is 5.41 Å². The lowest BCUT2D eigenvalue weighted by molar-refractivity contribution is -0.132. The molecule has 1 N–H and O–H groups in total. The fourth-order valence-corrected chi connectivity index (χ4v) is 1.68. The Morgan fingerprint density at radius 3 is 2.07 bits per heavy atom. The first-order valence-electron chi connectivity index (χ1n) is 5.42. The van der Waals surface area contributed by atoms with Gasteiger partial charge in [-0.05, 0) is 12.8 Å². The Hall–Kier alpha value is -1.08. The Kier molecular flexibility index (Phi) is 5.95. The van der Waals surface area contributed by atoms with Crippen molar-refractivity contribution in [2.45, 2.75) is 39.5 Å². The van der Waals surface area contributed by atoms with E-state index in [2.05, 4.69) is 11.5 Å². The van der Waals surface area contributed by atoms with E-state index in [0.717, 1.165) is 12.8 Å². The summed E-state index contributed by atoms with van der Waals surface area (Å²) in [6.45, 7) is 3.98. The summed E-state index contributed by atoms with van der Waals surface area (Å²) in [5.74, 6) is -0.182. The fraction of sp³-hybridized carbons (Fsp3) is 0.818. The number of nitriles is 1. The monoisotopic (exact) mass is 211 g/mol. The van der Waals surface area contributed by atoms with E-state index in [9.17, 15) is 10.1 Å². The van der Waals surface area contributed by atoms with Crippen LogP contribution < -0.4 is 5.43 Å². The van der Waals surface area contributed by atoms with Gasteiger partial charge in [0.15, 0.2) is 0 Å². The Morgan fingerprint density at radius 1 is 1.33 bits per heavy atom. The number of amides is 1. The lowest BCUT2D eigenvalue weighted by atomic mass is 9.80. The number of hydrogen-bond donors (Lipinski definition) is 1. The van der Waals surface area contributed by atoms with Gasteiger partial charge in [0.25, 0.3) is 5.91 Å². The van der Waals surface area contributed by atoms with E-state index in [1.807, 2.05) is 13.8 Å². The molecule has 0 atom stereocenters. The molecule has 0 aromatic carbocycles. The molecule has 4 nitrogen and oxygen atoms in total. The lowest BCUT2D eigenvalue weighted by Crippen LogP contribution is -2.46. The second-order valence-corrected chi connectivity index (χ2v) is 4.03. The molecule has 4 heteroatoms. The summed E-state index contributed by atoms with van der Waals surface area (Å²) in [5, 5.41) is 10.8. The van der Waals surface area contributed by atoms with Gasteiger partial charge in [-0.25, -0.2) is 5.01 Å². The van der Waals surface area contributed by atoms with Crippen molar-refractivity contribution in [2.24, 2.45) is 5.41 Å². The molecule has 0 aliphatic carbocycles. The minimum Gasteiger partial charge on any atom is -0.288 e. The molecule has 0 radical (unpaired) electrons. The zero-order chi connectivity index (χ0) is 11.9. The minimum atomic E-state index is -0.853. The second kappa shape index (κ2) is 6.41. The molecule has 0 aliphatic rings. The van der Waals surface area contributed by atoms with Crippen LogP contribution in [-0.2, 0) is 4.79 Å². The first kappa shape index (κ1) is 13.9. The highest BCUT2D eigenvalue weighted by Crippen LogP contribution is 2.29. The molecule has 0 rings (SSSR count). The van der Waals surface area contributed by atoms with E-state index >= 15 is 0 Å². The smallest absolute Gasteiger partial charge is 0.254 e. The molecule has 0 heterocycles. The maximum Gasteiger partial charge on any atom is 0.254 e. The third-order valence-electron chi connectivity index (χ3n) is 2.33. The zero-order valence-corrected chi connectivity index (χ0v) is 10.1. The second-order valence-electron chi connectivity index (χ2n) is 4.03. The highest BCUT2D eigenvalue weighted by molar-refractivity contribution is 5.84. The predicted molar refractivity (Wildman–Crippen MR) is 59.7 cm³/mol. The van der Waals surface area contributed by atoms with E-state index in [-0.39, 0.29) is 5.91 Å². The minimum absolute atomic E-state index is 0.182. The van der Waals surface area contributed by atoms with Crippen LogP contribution in [0.25, 0.3) is 0 Å². The Labute approximate surface area is 92.2 Å². The van der Waals surface area contributed by atoms with Crippen molar-refractivity contribution < 1.29 is 4.79 Å². The molecule has 0 saturated heterocycles. The molecule has 0 aromatic heterocycles. The topological polar surface area (TPSA) is 56.1 Å². The summed E-state index contributed by atoms with van der Waals surface area (Å²) in [6, 6.07) is 2.18. The van der Waals surface area contributed by atoms with E-state index < -0.39 is 5.41 Å². The molecule has 0 unspecified atom stereocenters. The molecule has 0 fully saturated rings. The van der Waals surface area contributed by atoms with Gasteiger partial charge in [-0.15, -0.1) is 0 Å². The summed E-state index contributed by atoms with van der Waals surface area (Å²) >= 11 is 0. The summed E-state index contributed by atoms with van der Waals surface area (Å²) in [6.07, 6.45) is 2.93. The van der Waals surface area contributed by atoms with E-state index in [4.69, 9.17) is 0 Å². The van der Waals surface area contributed by atoms with E-state index in [1.54, 1.807) is 19.1 Å². The Balaban J connectivity index is 4.74. The maximum absolute atomic E-state index is 11.9. The zero-order valence-electron chi connectivity index (χ0n) is 10.1. The largest absolute Gasteiger partial charge is 0.288 e. The Bertz CT molecular complexity index is 237. The van der Waals surface area contributed by atoms with Crippen molar-refractivity contribution in [1.29, 1.82) is 5.26 Å². The fourth-order valence-electron chi connectivity index (χ4n) is 1.68. The summed E-state index contributed by atoms with van der Waals surface area (Å²) in [5.41, 5.74) is 1.82. The van der Waals surface area contributed by atoms with E-state index in [0.29, 0.717) is 12.8 Å². The SMILES string of the molecule is CCCC(C#N)(CCC)C(=O)NN(C)C. The van der Waals surface area contributed by atoms with Gasteiger partial charge in [-0.2, -0.15) is 5.26 Å². The number of carbonyl (C=O) groups is 1. The average Bonchev–Trinajstić information content (AvgIpc) is 2.16. The number of nitrogens with zero attached hydrogens (tertiary/aromatic N) is 2. The van der Waals surface area contributed by atoms with Gasteiger partial charge >= 0.3 is 0 Å². The quantitative estimate of drug-likeness (QED) is 0.680. The van der Waals surface area contributed by atoms with Gasteiger partial charge in [-0.1, -0.05) is 26.7 Å². The van der Waals surface area contributed by atoms with Crippen LogP contribution in [0.5, 0.6) is 0 Å². The van der Waals surface area contributed by atoms with Crippen LogP contribution >= 0.6 is 0 Å². The Morgan fingerprint density at radius 2 is 1.80 bits per heavy atom. The van der Waals surface area contributed by atoms with Crippen LogP contribution in [0.15, 0.2) is 0 Å². The van der Waals surface area contributed by atoms with Crippen molar-refractivity contribution >= 4 is 5.91 Å². The van der Waals surface area contributed by atoms with Gasteiger partial charge in [-0.3, -0.25) is 10.2 Å². The molecular formula is C11H21N3O. The van der Waals surface area contributed by atoms with Crippen molar-refractivity contribution in [1.82, 2.24) is 10.4 Å². The van der Waals surface area contributed by atoms with Crippen molar-refractivity contribution in [3.63, 3.8) is 0 Å². The average molecular weight is 211 g/mol. The molecule has 1 amide bonds. The highest BCUT2D eigenvalue weighted by atomic mass is 16.2. The molecule has 0 saturated carbocycles. The van der Waals surface area contributed by atoms with Crippen LogP contribution in [0.3, 0.4) is 0 Å². The molecule has 0 aliphatic heterocycles.